The maximum absolute atomic E-state index is 2.29. The molecule has 1 heteroatoms. The van der Waals surface area contributed by atoms with Crippen LogP contribution in [-0.4, -0.2) is 11.0 Å². The smallest absolute Gasteiger partial charge is 0.0115 e. The minimum absolute atomic E-state index is 0.763. The highest BCUT2D eigenvalue weighted by Crippen LogP contribution is 2.09. The highest BCUT2D eigenvalue weighted by Gasteiger charge is 1.90. The minimum Gasteiger partial charge on any atom is -0.155 e. The lowest BCUT2D eigenvalue weighted by atomic mass is 10.1. The molecule has 0 radical (unpaired) electrons. The molecule has 66 valence electrons. The first-order valence-corrected chi connectivity index (χ1v) is 5.44. The summed E-state index contributed by atoms with van der Waals surface area (Å²) in [6.07, 6.45) is 5.80. The van der Waals surface area contributed by atoms with Crippen molar-refractivity contribution >= 4 is 11.8 Å². The van der Waals surface area contributed by atoms with Crippen molar-refractivity contribution in [3.8, 4) is 0 Å². The summed E-state index contributed by atoms with van der Waals surface area (Å²) in [6, 6.07) is 0. The van der Waals surface area contributed by atoms with Gasteiger partial charge in [0.15, 0.2) is 0 Å². The average Bonchev–Trinajstić information content (AvgIpc) is 1.85. The van der Waals surface area contributed by atoms with Gasteiger partial charge in [-0.15, -0.1) is 0 Å². The van der Waals surface area contributed by atoms with Gasteiger partial charge in [-0.3, -0.25) is 0 Å². The first-order valence-electron chi connectivity index (χ1n) is 4.39. The van der Waals surface area contributed by atoms with Crippen LogP contribution in [0.1, 0.15) is 34.1 Å². The summed E-state index contributed by atoms with van der Waals surface area (Å²) in [5.41, 5.74) is 0. The molecular weight excluding hydrogens is 152 g/mol. The Labute approximate surface area is 75.5 Å². The Morgan fingerprint density at radius 1 is 1.09 bits per heavy atom. The van der Waals surface area contributed by atoms with Crippen LogP contribution in [0.15, 0.2) is 12.2 Å². The van der Waals surface area contributed by atoms with Gasteiger partial charge in [0.05, 0.1) is 0 Å². The van der Waals surface area contributed by atoms with Gasteiger partial charge in [-0.1, -0.05) is 39.8 Å². The van der Waals surface area contributed by atoms with Crippen LogP contribution in [0.25, 0.3) is 0 Å². The van der Waals surface area contributed by atoms with Crippen LogP contribution in [0.3, 0.4) is 0 Å². The Hall–Kier alpha value is 0.0900. The van der Waals surface area contributed by atoms with E-state index in [1.165, 1.54) is 12.2 Å². The lowest BCUT2D eigenvalue weighted by Crippen LogP contribution is -1.87. The van der Waals surface area contributed by atoms with Crippen molar-refractivity contribution in [1.29, 1.82) is 0 Å². The van der Waals surface area contributed by atoms with Gasteiger partial charge in [-0.05, 0) is 17.6 Å². The third-order valence-electron chi connectivity index (χ3n) is 1.30. The Kier molecular flexibility index (Phi) is 6.83. The highest BCUT2D eigenvalue weighted by atomic mass is 32.2. The zero-order valence-corrected chi connectivity index (χ0v) is 8.95. The normalized spacial score (nSPS) is 12.2. The monoisotopic (exact) mass is 172 g/mol. The van der Waals surface area contributed by atoms with Gasteiger partial charge in [-0.25, -0.2) is 0 Å². The summed E-state index contributed by atoms with van der Waals surface area (Å²) in [5, 5.41) is 0.763. The molecule has 0 heterocycles. The van der Waals surface area contributed by atoms with Gasteiger partial charge < -0.3 is 0 Å². The van der Waals surface area contributed by atoms with E-state index in [2.05, 4.69) is 39.8 Å². The van der Waals surface area contributed by atoms with Crippen LogP contribution in [0.5, 0.6) is 0 Å². The lowest BCUT2D eigenvalue weighted by molar-refractivity contribution is 0.663. The van der Waals surface area contributed by atoms with Crippen molar-refractivity contribution < 1.29 is 0 Å². The second-order valence-corrected chi connectivity index (χ2v) is 5.09. The molecular formula is C10H20S. The van der Waals surface area contributed by atoms with E-state index < -0.39 is 0 Å². The lowest BCUT2D eigenvalue weighted by Gasteiger charge is -2.00. The van der Waals surface area contributed by atoms with Crippen molar-refractivity contribution in [2.45, 2.75) is 39.4 Å². The molecule has 0 unspecified atom stereocenters. The van der Waals surface area contributed by atoms with Crippen LogP contribution in [0.2, 0.25) is 0 Å². The van der Waals surface area contributed by atoms with Gasteiger partial charge in [-0.2, -0.15) is 11.8 Å². The molecule has 0 nitrogen and oxygen atoms in total. The molecule has 0 aromatic rings. The molecule has 0 aliphatic heterocycles. The number of thioether (sulfide) groups is 1. The highest BCUT2D eigenvalue weighted by molar-refractivity contribution is 7.99. The molecule has 0 aromatic heterocycles. The van der Waals surface area contributed by atoms with Crippen molar-refractivity contribution in [2.24, 2.45) is 5.92 Å². The fourth-order valence-electron chi connectivity index (χ4n) is 0.684. The second kappa shape index (κ2) is 6.78. The molecule has 0 bridgehead atoms. The fraction of sp³-hybridized carbons (Fsp3) is 0.800. The summed E-state index contributed by atoms with van der Waals surface area (Å²) in [4.78, 5) is 0. The summed E-state index contributed by atoms with van der Waals surface area (Å²) < 4.78 is 0. The van der Waals surface area contributed by atoms with Crippen LogP contribution in [-0.2, 0) is 0 Å². The maximum Gasteiger partial charge on any atom is 0.0115 e. The molecule has 0 spiro atoms. The van der Waals surface area contributed by atoms with Crippen LogP contribution in [0.4, 0.5) is 0 Å². The van der Waals surface area contributed by atoms with Crippen molar-refractivity contribution in [1.82, 2.24) is 0 Å². The molecule has 0 aromatic carbocycles. The van der Waals surface area contributed by atoms with E-state index in [1.54, 1.807) is 0 Å². The SMILES string of the molecule is CC(C)C/C=C\CSC(C)C. The Balaban J connectivity index is 3.17. The van der Waals surface area contributed by atoms with E-state index in [0.29, 0.717) is 0 Å². The quantitative estimate of drug-likeness (QED) is 0.569. The van der Waals surface area contributed by atoms with E-state index in [9.17, 15) is 0 Å². The number of rotatable bonds is 5. The predicted molar refractivity (Wildman–Crippen MR) is 56.2 cm³/mol. The summed E-state index contributed by atoms with van der Waals surface area (Å²) in [7, 11) is 0. The first kappa shape index (κ1) is 11.1. The second-order valence-electron chi connectivity index (χ2n) is 3.48. The van der Waals surface area contributed by atoms with E-state index in [4.69, 9.17) is 0 Å². The molecule has 0 amide bonds. The van der Waals surface area contributed by atoms with Gasteiger partial charge in [0.25, 0.3) is 0 Å². The van der Waals surface area contributed by atoms with Crippen molar-refractivity contribution in [2.75, 3.05) is 5.75 Å². The maximum atomic E-state index is 2.29. The zero-order valence-electron chi connectivity index (χ0n) is 8.13. The van der Waals surface area contributed by atoms with E-state index in [-0.39, 0.29) is 0 Å². The molecule has 0 aliphatic rings. The van der Waals surface area contributed by atoms with E-state index in [1.807, 2.05) is 11.8 Å². The summed E-state index contributed by atoms with van der Waals surface area (Å²) in [5.74, 6) is 1.97. The standard InChI is InChI=1S/C10H20S/c1-9(2)7-5-6-8-11-10(3)4/h5-6,9-10H,7-8H2,1-4H3/b6-5-. The molecule has 0 rings (SSSR count). The summed E-state index contributed by atoms with van der Waals surface area (Å²) in [6.45, 7) is 8.97. The summed E-state index contributed by atoms with van der Waals surface area (Å²) >= 11 is 2.00. The predicted octanol–water partition coefficient (Wildman–Crippen LogP) is 3.73. The van der Waals surface area contributed by atoms with Gasteiger partial charge in [0.1, 0.15) is 0 Å². The molecule has 0 fully saturated rings. The Morgan fingerprint density at radius 2 is 1.73 bits per heavy atom. The van der Waals surface area contributed by atoms with Crippen LogP contribution in [0, 0.1) is 5.92 Å². The first-order chi connectivity index (χ1) is 5.13. The molecule has 11 heavy (non-hydrogen) atoms. The van der Waals surface area contributed by atoms with Gasteiger partial charge >= 0.3 is 0 Å². The van der Waals surface area contributed by atoms with Crippen LogP contribution < -0.4 is 0 Å². The zero-order chi connectivity index (χ0) is 8.69. The third-order valence-corrected chi connectivity index (χ3v) is 2.35. The van der Waals surface area contributed by atoms with Crippen molar-refractivity contribution in [3.63, 3.8) is 0 Å². The molecule has 0 saturated carbocycles. The number of hydrogen-bond acceptors (Lipinski definition) is 1. The van der Waals surface area contributed by atoms with E-state index >= 15 is 0 Å². The third kappa shape index (κ3) is 10.1. The number of hydrogen-bond donors (Lipinski definition) is 0. The molecule has 0 atom stereocenters. The average molecular weight is 172 g/mol. The Bertz CT molecular complexity index is 103. The van der Waals surface area contributed by atoms with E-state index in [0.717, 1.165) is 11.2 Å². The van der Waals surface area contributed by atoms with Crippen LogP contribution >= 0.6 is 11.8 Å². The van der Waals surface area contributed by atoms with Gasteiger partial charge in [0.2, 0.25) is 0 Å². The largest absolute Gasteiger partial charge is 0.155 e. The number of allylic oxidation sites excluding steroid dienone is 1. The van der Waals surface area contributed by atoms with Crippen molar-refractivity contribution in [3.05, 3.63) is 12.2 Å². The van der Waals surface area contributed by atoms with Gasteiger partial charge in [0, 0.05) is 5.75 Å². The topological polar surface area (TPSA) is 0 Å². The minimum atomic E-state index is 0.763. The fourth-order valence-corrected chi connectivity index (χ4v) is 1.32. The molecule has 0 aliphatic carbocycles. The molecule has 0 N–H and O–H groups in total. The molecule has 0 saturated heterocycles. The Morgan fingerprint density at radius 3 is 2.18 bits per heavy atom.